The molecule has 0 N–H and O–H groups in total. The molecule has 3 heteroatoms. The summed E-state index contributed by atoms with van der Waals surface area (Å²) in [6, 6.07) is 0. The molecule has 0 fully saturated rings. The van der Waals surface area contributed by atoms with Gasteiger partial charge in [-0.3, -0.25) is 9.59 Å². The van der Waals surface area contributed by atoms with Crippen molar-refractivity contribution in [3.8, 4) is 0 Å². The zero-order valence-electron chi connectivity index (χ0n) is 5.11. The highest BCUT2D eigenvalue weighted by Crippen LogP contribution is 1.96. The lowest BCUT2D eigenvalue weighted by Gasteiger charge is -1.92. The number of hydrogen-bond donors (Lipinski definition) is 0. The first-order valence-corrected chi connectivity index (χ1v) is 3.50. The summed E-state index contributed by atoms with van der Waals surface area (Å²) < 4.78 is 0. The summed E-state index contributed by atoms with van der Waals surface area (Å²) >= 11 is 2.92. The van der Waals surface area contributed by atoms with E-state index < -0.39 is 0 Å². The largest absolute Gasteiger partial charge is 0.294 e. The minimum absolute atomic E-state index is 0.0619. The summed E-state index contributed by atoms with van der Waals surface area (Å²) in [6.07, 6.45) is 0. The van der Waals surface area contributed by atoms with Crippen LogP contribution in [0.5, 0.6) is 0 Å². The summed E-state index contributed by atoms with van der Waals surface area (Å²) in [6.45, 7) is 4.62. The Morgan fingerprint density at radius 1 is 1.56 bits per heavy atom. The second-order valence-electron chi connectivity index (χ2n) is 1.59. The van der Waals surface area contributed by atoms with Crippen LogP contribution in [0.25, 0.3) is 0 Å². The van der Waals surface area contributed by atoms with Gasteiger partial charge in [-0.2, -0.15) is 0 Å². The topological polar surface area (TPSA) is 34.1 Å². The minimum atomic E-state index is -0.264. The first-order chi connectivity index (χ1) is 4.09. The Morgan fingerprint density at radius 3 is 2.11 bits per heavy atom. The average Bonchev–Trinajstić information content (AvgIpc) is 1.84. The maximum Gasteiger partial charge on any atom is 0.176 e. The van der Waals surface area contributed by atoms with Crippen molar-refractivity contribution in [1.82, 2.24) is 0 Å². The van der Waals surface area contributed by atoms with Crippen LogP contribution in [-0.4, -0.2) is 16.9 Å². The minimum Gasteiger partial charge on any atom is -0.294 e. The molecule has 0 aliphatic heterocycles. The van der Waals surface area contributed by atoms with E-state index in [2.05, 4.69) is 22.5 Å². The van der Waals surface area contributed by atoms with Crippen molar-refractivity contribution in [3.05, 3.63) is 12.2 Å². The Kier molecular flexibility index (Phi) is 3.39. The van der Waals surface area contributed by atoms with Gasteiger partial charge in [0.25, 0.3) is 0 Å². The standard InChI is InChI=1S/C6H7BrO2/c1-4(5(2)8)6(9)3-7/h1,3H2,2H3. The van der Waals surface area contributed by atoms with Crippen LogP contribution in [0.1, 0.15) is 6.92 Å². The van der Waals surface area contributed by atoms with Gasteiger partial charge in [0, 0.05) is 0 Å². The molecule has 0 bridgehead atoms. The molecular formula is C6H7BrO2. The molecule has 0 rings (SSSR count). The Bertz CT molecular complexity index is 160. The van der Waals surface area contributed by atoms with Crippen LogP contribution in [0.15, 0.2) is 12.2 Å². The Morgan fingerprint density at radius 2 is 2.00 bits per heavy atom. The van der Waals surface area contributed by atoms with E-state index in [9.17, 15) is 9.59 Å². The van der Waals surface area contributed by atoms with Crippen LogP contribution in [0.3, 0.4) is 0 Å². The molecule has 0 saturated carbocycles. The van der Waals surface area contributed by atoms with Crippen molar-refractivity contribution in [1.29, 1.82) is 0 Å². The maximum absolute atomic E-state index is 10.6. The number of alkyl halides is 1. The first-order valence-electron chi connectivity index (χ1n) is 2.38. The van der Waals surface area contributed by atoms with Crippen molar-refractivity contribution in [2.45, 2.75) is 6.92 Å². The van der Waals surface area contributed by atoms with Crippen LogP contribution in [0.4, 0.5) is 0 Å². The monoisotopic (exact) mass is 190 g/mol. The smallest absolute Gasteiger partial charge is 0.176 e. The fourth-order valence-electron chi connectivity index (χ4n) is 0.277. The number of Topliss-reactive ketones (excluding diaryl/α,β-unsaturated/α-hetero) is 2. The van der Waals surface area contributed by atoms with Crippen molar-refractivity contribution in [3.63, 3.8) is 0 Å². The molecule has 0 heterocycles. The number of ketones is 2. The Labute approximate surface area is 62.1 Å². The third-order valence-electron chi connectivity index (χ3n) is 0.883. The zero-order chi connectivity index (χ0) is 7.44. The lowest BCUT2D eigenvalue weighted by molar-refractivity contribution is -0.119. The molecule has 0 unspecified atom stereocenters. The molecular weight excluding hydrogens is 184 g/mol. The highest BCUT2D eigenvalue weighted by molar-refractivity contribution is 9.09. The summed E-state index contributed by atoms with van der Waals surface area (Å²) in [4.78, 5) is 21.0. The van der Waals surface area contributed by atoms with E-state index in [-0.39, 0.29) is 22.5 Å². The van der Waals surface area contributed by atoms with E-state index in [1.54, 1.807) is 0 Å². The van der Waals surface area contributed by atoms with Crippen LogP contribution in [0.2, 0.25) is 0 Å². The van der Waals surface area contributed by atoms with Crippen molar-refractivity contribution in [2.75, 3.05) is 5.33 Å². The highest BCUT2D eigenvalue weighted by atomic mass is 79.9. The normalized spacial score (nSPS) is 8.67. The van der Waals surface area contributed by atoms with Gasteiger partial charge in [-0.05, 0) is 6.92 Å². The Hall–Kier alpha value is -0.440. The fraction of sp³-hybridized carbons (Fsp3) is 0.333. The average molecular weight is 191 g/mol. The molecule has 0 aliphatic carbocycles. The summed E-state index contributed by atoms with van der Waals surface area (Å²) in [5.41, 5.74) is 0.0619. The predicted octanol–water partition coefficient (Wildman–Crippen LogP) is 1.10. The first kappa shape index (κ1) is 8.56. The van der Waals surface area contributed by atoms with Gasteiger partial charge < -0.3 is 0 Å². The van der Waals surface area contributed by atoms with E-state index >= 15 is 0 Å². The molecule has 2 nitrogen and oxygen atoms in total. The number of rotatable bonds is 3. The highest BCUT2D eigenvalue weighted by Gasteiger charge is 2.08. The molecule has 0 saturated heterocycles. The summed E-state index contributed by atoms with van der Waals surface area (Å²) in [5, 5.41) is 0.172. The number of halogens is 1. The summed E-state index contributed by atoms with van der Waals surface area (Å²) in [5.74, 6) is -0.512. The van der Waals surface area contributed by atoms with Crippen molar-refractivity contribution in [2.24, 2.45) is 0 Å². The van der Waals surface area contributed by atoms with Crippen molar-refractivity contribution < 1.29 is 9.59 Å². The third kappa shape index (κ3) is 2.56. The fourth-order valence-corrected chi connectivity index (χ4v) is 0.615. The molecule has 0 aromatic rings. The molecule has 0 aromatic carbocycles. The molecule has 0 aliphatic rings. The van der Waals surface area contributed by atoms with Gasteiger partial charge in [-0.25, -0.2) is 0 Å². The quantitative estimate of drug-likeness (QED) is 0.289. The van der Waals surface area contributed by atoms with Crippen LogP contribution in [-0.2, 0) is 9.59 Å². The van der Waals surface area contributed by atoms with Crippen molar-refractivity contribution >= 4 is 27.5 Å². The number of hydrogen-bond acceptors (Lipinski definition) is 2. The van der Waals surface area contributed by atoms with Gasteiger partial charge in [-0.15, -0.1) is 0 Å². The second kappa shape index (κ2) is 3.56. The lowest BCUT2D eigenvalue weighted by atomic mass is 10.1. The van der Waals surface area contributed by atoms with Gasteiger partial charge in [0.05, 0.1) is 10.9 Å². The van der Waals surface area contributed by atoms with Crippen LogP contribution < -0.4 is 0 Å². The second-order valence-corrected chi connectivity index (χ2v) is 2.15. The van der Waals surface area contributed by atoms with Gasteiger partial charge in [0.15, 0.2) is 11.6 Å². The van der Waals surface area contributed by atoms with E-state index in [0.717, 1.165) is 0 Å². The molecule has 9 heavy (non-hydrogen) atoms. The van der Waals surface area contributed by atoms with Crippen LogP contribution >= 0.6 is 15.9 Å². The lowest BCUT2D eigenvalue weighted by Crippen LogP contribution is -2.09. The van der Waals surface area contributed by atoms with Gasteiger partial charge in [0.2, 0.25) is 0 Å². The van der Waals surface area contributed by atoms with Gasteiger partial charge >= 0.3 is 0 Å². The van der Waals surface area contributed by atoms with Gasteiger partial charge in [0.1, 0.15) is 0 Å². The molecule has 50 valence electrons. The molecule has 0 aromatic heterocycles. The van der Waals surface area contributed by atoms with Crippen LogP contribution in [0, 0.1) is 0 Å². The molecule has 0 atom stereocenters. The molecule has 0 spiro atoms. The van der Waals surface area contributed by atoms with E-state index in [1.165, 1.54) is 6.92 Å². The van der Waals surface area contributed by atoms with E-state index in [4.69, 9.17) is 0 Å². The van der Waals surface area contributed by atoms with Gasteiger partial charge in [-0.1, -0.05) is 22.5 Å². The number of carbonyl (C=O) groups is 2. The SMILES string of the molecule is C=C(C(C)=O)C(=O)CBr. The predicted molar refractivity (Wildman–Crippen MR) is 38.6 cm³/mol. The summed E-state index contributed by atoms with van der Waals surface area (Å²) in [7, 11) is 0. The zero-order valence-corrected chi connectivity index (χ0v) is 6.69. The van der Waals surface area contributed by atoms with E-state index in [0.29, 0.717) is 0 Å². The van der Waals surface area contributed by atoms with E-state index in [1.807, 2.05) is 0 Å². The Balaban J connectivity index is 4.05. The number of allylic oxidation sites excluding steroid dienone is 1. The third-order valence-corrected chi connectivity index (χ3v) is 1.39. The molecule has 0 amide bonds. The molecule has 0 radical (unpaired) electrons. The number of carbonyl (C=O) groups excluding carboxylic acids is 2. The maximum atomic E-state index is 10.6.